The summed E-state index contributed by atoms with van der Waals surface area (Å²) in [6.45, 7) is 1.71. The van der Waals surface area contributed by atoms with Crippen LogP contribution in [-0.2, 0) is 14.9 Å². The third-order valence-electron chi connectivity index (χ3n) is 3.97. The highest BCUT2D eigenvalue weighted by Crippen LogP contribution is 2.49. The number of carbonyl (C=O) groups is 2. The van der Waals surface area contributed by atoms with Gasteiger partial charge in [0.2, 0.25) is 5.91 Å². The van der Waals surface area contributed by atoms with Crippen molar-refractivity contribution in [2.24, 2.45) is 0 Å². The molecule has 0 radical (unpaired) electrons. The highest BCUT2D eigenvalue weighted by Gasteiger charge is 2.51. The average molecular weight is 351 g/mol. The summed E-state index contributed by atoms with van der Waals surface area (Å²) in [5, 5.41) is 3.88. The van der Waals surface area contributed by atoms with Crippen LogP contribution in [0.3, 0.4) is 0 Å². The minimum absolute atomic E-state index is 0.106. The van der Waals surface area contributed by atoms with Gasteiger partial charge in [-0.15, -0.1) is 0 Å². The van der Waals surface area contributed by atoms with E-state index < -0.39 is 11.4 Å². The number of carbonyl (C=O) groups excluding carboxylic acids is 2. The molecule has 0 unspecified atom stereocenters. The fourth-order valence-corrected chi connectivity index (χ4v) is 3.50. The molecule has 120 valence electrons. The van der Waals surface area contributed by atoms with Crippen molar-refractivity contribution < 1.29 is 14.3 Å². The summed E-state index contributed by atoms with van der Waals surface area (Å²) in [4.78, 5) is 28.9. The molecule has 3 rings (SSSR count). The average Bonchev–Trinajstić information content (AvgIpc) is 3.26. The molecular weight excluding hydrogens is 336 g/mol. The Morgan fingerprint density at radius 3 is 2.52 bits per heavy atom. The van der Waals surface area contributed by atoms with Crippen LogP contribution in [0.4, 0.5) is 5.13 Å². The number of rotatable bonds is 4. The largest absolute Gasteiger partial charge is 0.465 e. The number of hydrogen-bond donors (Lipinski definition) is 1. The number of benzene rings is 1. The van der Waals surface area contributed by atoms with E-state index in [1.54, 1.807) is 19.1 Å². The molecule has 1 saturated carbocycles. The molecule has 0 spiro atoms. The van der Waals surface area contributed by atoms with Crippen LogP contribution in [0.1, 0.15) is 33.8 Å². The van der Waals surface area contributed by atoms with Gasteiger partial charge in [0.05, 0.1) is 18.2 Å². The number of ether oxygens (including phenoxy) is 1. The third-order valence-corrected chi connectivity index (χ3v) is 5.27. The van der Waals surface area contributed by atoms with Crippen molar-refractivity contribution >= 4 is 39.9 Å². The van der Waals surface area contributed by atoms with Gasteiger partial charge in [-0.25, -0.2) is 9.78 Å². The van der Waals surface area contributed by atoms with E-state index in [4.69, 9.17) is 16.3 Å². The Hall–Kier alpha value is -1.92. The van der Waals surface area contributed by atoms with Crippen LogP contribution in [0.2, 0.25) is 5.02 Å². The Morgan fingerprint density at radius 2 is 1.96 bits per heavy atom. The standard InChI is InChI=1S/C16H15ClN2O3S/c1-9-12(13(20)22-2)23-15(18-9)19-14(21)16(7-8-16)10-3-5-11(17)6-4-10/h3-6H,7-8H2,1-2H3,(H,18,19,21). The molecule has 1 heterocycles. The number of methoxy groups -OCH3 is 1. The van der Waals surface area contributed by atoms with Crippen molar-refractivity contribution in [1.82, 2.24) is 4.98 Å². The van der Waals surface area contributed by atoms with Crippen LogP contribution in [0.25, 0.3) is 0 Å². The number of hydrogen-bond acceptors (Lipinski definition) is 5. The summed E-state index contributed by atoms with van der Waals surface area (Å²) < 4.78 is 4.70. The predicted octanol–water partition coefficient (Wildman–Crippen LogP) is 3.56. The highest BCUT2D eigenvalue weighted by molar-refractivity contribution is 7.17. The molecular formula is C16H15ClN2O3S. The maximum absolute atomic E-state index is 12.6. The van der Waals surface area contributed by atoms with E-state index in [2.05, 4.69) is 10.3 Å². The second-order valence-corrected chi connectivity index (χ2v) is 6.90. The molecule has 0 bridgehead atoms. The van der Waals surface area contributed by atoms with E-state index in [0.29, 0.717) is 20.7 Å². The number of aromatic nitrogens is 1. The lowest BCUT2D eigenvalue weighted by Crippen LogP contribution is -2.27. The fraction of sp³-hybridized carbons (Fsp3) is 0.312. The summed E-state index contributed by atoms with van der Waals surface area (Å²) in [5.41, 5.74) is 0.977. The minimum atomic E-state index is -0.518. The Kier molecular flexibility index (Phi) is 4.12. The van der Waals surface area contributed by atoms with E-state index in [-0.39, 0.29) is 5.91 Å². The SMILES string of the molecule is COC(=O)c1sc(NC(=O)C2(c3ccc(Cl)cc3)CC2)nc1C. The molecule has 5 nitrogen and oxygen atoms in total. The molecule has 2 aromatic rings. The molecule has 1 N–H and O–H groups in total. The first-order valence-corrected chi connectivity index (χ1v) is 8.29. The molecule has 0 aliphatic heterocycles. The first kappa shape index (κ1) is 16.0. The van der Waals surface area contributed by atoms with Gasteiger partial charge in [0, 0.05) is 5.02 Å². The highest BCUT2D eigenvalue weighted by atomic mass is 35.5. The molecule has 1 aromatic heterocycles. The molecule has 1 fully saturated rings. The van der Waals surface area contributed by atoms with Crippen LogP contribution >= 0.6 is 22.9 Å². The summed E-state index contributed by atoms with van der Waals surface area (Å²) in [7, 11) is 1.32. The number of halogens is 1. The molecule has 1 aromatic carbocycles. The number of aryl methyl sites for hydroxylation is 1. The maximum atomic E-state index is 12.6. The smallest absolute Gasteiger partial charge is 0.350 e. The topological polar surface area (TPSA) is 68.3 Å². The molecule has 0 atom stereocenters. The maximum Gasteiger partial charge on any atom is 0.350 e. The van der Waals surface area contributed by atoms with Crippen molar-refractivity contribution in [3.8, 4) is 0 Å². The quantitative estimate of drug-likeness (QED) is 0.856. The first-order chi connectivity index (χ1) is 11.0. The monoisotopic (exact) mass is 350 g/mol. The lowest BCUT2D eigenvalue weighted by Gasteiger charge is -2.14. The van der Waals surface area contributed by atoms with Gasteiger partial charge in [0.1, 0.15) is 4.88 Å². The van der Waals surface area contributed by atoms with Gasteiger partial charge < -0.3 is 10.1 Å². The second kappa shape index (κ2) is 5.94. The second-order valence-electron chi connectivity index (χ2n) is 5.47. The van der Waals surface area contributed by atoms with Crippen molar-refractivity contribution in [3.63, 3.8) is 0 Å². The van der Waals surface area contributed by atoms with E-state index in [1.165, 1.54) is 7.11 Å². The van der Waals surface area contributed by atoms with E-state index in [0.717, 1.165) is 29.7 Å². The number of nitrogens with zero attached hydrogens (tertiary/aromatic N) is 1. The molecule has 1 amide bonds. The van der Waals surface area contributed by atoms with Gasteiger partial charge >= 0.3 is 5.97 Å². The van der Waals surface area contributed by atoms with Crippen LogP contribution in [-0.4, -0.2) is 24.0 Å². The zero-order chi connectivity index (χ0) is 16.6. The Bertz CT molecular complexity index is 766. The number of anilines is 1. The molecule has 23 heavy (non-hydrogen) atoms. The van der Waals surface area contributed by atoms with Gasteiger partial charge in [-0.05, 0) is 37.5 Å². The van der Waals surface area contributed by atoms with Crippen LogP contribution in [0.5, 0.6) is 0 Å². The zero-order valence-corrected chi connectivity index (χ0v) is 14.3. The van der Waals surface area contributed by atoms with E-state index in [9.17, 15) is 9.59 Å². The number of thiazole rings is 1. The van der Waals surface area contributed by atoms with E-state index >= 15 is 0 Å². The minimum Gasteiger partial charge on any atom is -0.465 e. The van der Waals surface area contributed by atoms with Crippen molar-refractivity contribution in [2.45, 2.75) is 25.2 Å². The summed E-state index contributed by atoms with van der Waals surface area (Å²) in [5.74, 6) is -0.552. The van der Waals surface area contributed by atoms with Crippen LogP contribution in [0, 0.1) is 6.92 Å². The molecule has 1 aliphatic rings. The van der Waals surface area contributed by atoms with Gasteiger partial charge in [-0.1, -0.05) is 35.1 Å². The molecule has 7 heteroatoms. The van der Waals surface area contributed by atoms with Gasteiger partial charge in [-0.3, -0.25) is 4.79 Å². The Balaban J connectivity index is 1.79. The van der Waals surface area contributed by atoms with Gasteiger partial charge in [0.25, 0.3) is 0 Å². The lowest BCUT2D eigenvalue weighted by molar-refractivity contribution is -0.118. The van der Waals surface area contributed by atoms with E-state index in [1.807, 2.05) is 12.1 Å². The summed E-state index contributed by atoms with van der Waals surface area (Å²) >= 11 is 7.03. The Labute approximate surface area is 142 Å². The first-order valence-electron chi connectivity index (χ1n) is 7.09. The number of nitrogens with one attached hydrogen (secondary N) is 1. The van der Waals surface area contributed by atoms with Crippen molar-refractivity contribution in [1.29, 1.82) is 0 Å². The number of esters is 1. The predicted molar refractivity (Wildman–Crippen MR) is 89.2 cm³/mol. The number of amides is 1. The van der Waals surface area contributed by atoms with Crippen LogP contribution < -0.4 is 5.32 Å². The molecule has 0 saturated heterocycles. The third kappa shape index (κ3) is 2.96. The summed E-state index contributed by atoms with van der Waals surface area (Å²) in [6, 6.07) is 7.32. The Morgan fingerprint density at radius 1 is 1.30 bits per heavy atom. The lowest BCUT2D eigenvalue weighted by atomic mass is 9.95. The van der Waals surface area contributed by atoms with Gasteiger partial charge in [0.15, 0.2) is 5.13 Å². The normalized spacial score (nSPS) is 15.1. The van der Waals surface area contributed by atoms with Crippen LogP contribution in [0.15, 0.2) is 24.3 Å². The van der Waals surface area contributed by atoms with Crippen molar-refractivity contribution in [3.05, 3.63) is 45.4 Å². The fourth-order valence-electron chi connectivity index (χ4n) is 2.49. The summed E-state index contributed by atoms with van der Waals surface area (Å²) in [6.07, 6.45) is 1.57. The van der Waals surface area contributed by atoms with Crippen molar-refractivity contribution in [2.75, 3.05) is 12.4 Å². The zero-order valence-electron chi connectivity index (χ0n) is 12.7. The van der Waals surface area contributed by atoms with Gasteiger partial charge in [-0.2, -0.15) is 0 Å². The molecule has 1 aliphatic carbocycles.